The first-order valence-corrected chi connectivity index (χ1v) is 13.6. The first-order valence-electron chi connectivity index (χ1n) is 10.7. The molecular formula is C22H27NO6S2. The number of esters is 1. The topological polar surface area (TPSA) is 103 Å². The number of carbonyl (C=O) groups is 2. The Bertz CT molecular complexity index is 1060. The number of hydrogen-bond acceptors (Lipinski definition) is 7. The molecule has 0 spiro atoms. The molecule has 7 nitrogen and oxygen atoms in total. The summed E-state index contributed by atoms with van der Waals surface area (Å²) in [6, 6.07) is 7.07. The molecule has 0 bridgehead atoms. The summed E-state index contributed by atoms with van der Waals surface area (Å²) >= 11 is 1.84. The number of thioether (sulfide) groups is 1. The van der Waals surface area contributed by atoms with Crippen LogP contribution in [-0.4, -0.2) is 49.7 Å². The van der Waals surface area contributed by atoms with Crippen molar-refractivity contribution in [1.29, 1.82) is 0 Å². The number of benzene rings is 1. The number of ether oxygens (including phenoxy) is 1. The van der Waals surface area contributed by atoms with E-state index in [1.807, 2.05) is 36.0 Å². The third-order valence-electron chi connectivity index (χ3n) is 5.83. The van der Waals surface area contributed by atoms with E-state index < -0.39 is 34.4 Å². The molecule has 1 aromatic heterocycles. The highest BCUT2D eigenvalue weighted by Crippen LogP contribution is 2.35. The van der Waals surface area contributed by atoms with Gasteiger partial charge >= 0.3 is 5.97 Å². The molecule has 168 valence electrons. The zero-order chi connectivity index (χ0) is 21.8. The van der Waals surface area contributed by atoms with E-state index in [-0.39, 0.29) is 17.3 Å². The van der Waals surface area contributed by atoms with Crippen molar-refractivity contribution < 1.29 is 27.2 Å². The number of rotatable bonds is 7. The van der Waals surface area contributed by atoms with Crippen LogP contribution in [0.25, 0.3) is 11.0 Å². The largest absolute Gasteiger partial charge is 0.450 e. The molecule has 1 saturated carbocycles. The van der Waals surface area contributed by atoms with Gasteiger partial charge in [0.2, 0.25) is 5.76 Å². The number of amides is 1. The SMILES string of the molecule is O=C(COC(=O)c1oc2ccccc2c1CSC1CCCCC1)N[C@@H]1CCS(=O)(=O)C1. The van der Waals surface area contributed by atoms with Gasteiger partial charge in [0, 0.05) is 28.0 Å². The lowest BCUT2D eigenvalue weighted by Crippen LogP contribution is -2.38. The van der Waals surface area contributed by atoms with Gasteiger partial charge in [-0.05, 0) is 25.3 Å². The monoisotopic (exact) mass is 465 g/mol. The zero-order valence-corrected chi connectivity index (χ0v) is 18.9. The number of hydrogen-bond donors (Lipinski definition) is 1. The zero-order valence-electron chi connectivity index (χ0n) is 17.3. The van der Waals surface area contributed by atoms with Gasteiger partial charge in [0.25, 0.3) is 5.91 Å². The van der Waals surface area contributed by atoms with E-state index in [0.717, 1.165) is 10.9 Å². The first-order chi connectivity index (χ1) is 14.9. The van der Waals surface area contributed by atoms with Gasteiger partial charge in [-0.15, -0.1) is 0 Å². The second-order valence-electron chi connectivity index (χ2n) is 8.22. The maximum atomic E-state index is 12.7. The Hall–Kier alpha value is -2.00. The predicted molar refractivity (Wildman–Crippen MR) is 120 cm³/mol. The minimum absolute atomic E-state index is 0.0682. The van der Waals surface area contributed by atoms with Crippen molar-refractivity contribution in [3.05, 3.63) is 35.6 Å². The summed E-state index contributed by atoms with van der Waals surface area (Å²) in [6.45, 7) is -0.471. The van der Waals surface area contributed by atoms with Gasteiger partial charge in [0.05, 0.1) is 11.5 Å². The van der Waals surface area contributed by atoms with Crippen LogP contribution in [0.3, 0.4) is 0 Å². The predicted octanol–water partition coefficient (Wildman–Crippen LogP) is 3.46. The molecule has 1 aliphatic carbocycles. The lowest BCUT2D eigenvalue weighted by atomic mass is 10.0. The average Bonchev–Trinajstić information content (AvgIpc) is 3.30. The molecule has 1 atom stereocenters. The Labute approximate surface area is 186 Å². The highest BCUT2D eigenvalue weighted by atomic mass is 32.2. The summed E-state index contributed by atoms with van der Waals surface area (Å²) in [5, 5.41) is 4.09. The molecule has 9 heteroatoms. The Morgan fingerprint density at radius 1 is 1.13 bits per heavy atom. The summed E-state index contributed by atoms with van der Waals surface area (Å²) in [5.74, 6) is -0.398. The lowest BCUT2D eigenvalue weighted by Gasteiger charge is -2.20. The van der Waals surface area contributed by atoms with Crippen LogP contribution in [0.5, 0.6) is 0 Å². The van der Waals surface area contributed by atoms with E-state index >= 15 is 0 Å². The number of sulfone groups is 1. The van der Waals surface area contributed by atoms with Crippen LogP contribution in [0.2, 0.25) is 0 Å². The van der Waals surface area contributed by atoms with Crippen LogP contribution in [0, 0.1) is 0 Å². The molecule has 1 amide bonds. The molecule has 0 unspecified atom stereocenters. The van der Waals surface area contributed by atoms with Crippen molar-refractivity contribution in [2.75, 3.05) is 18.1 Å². The minimum Gasteiger partial charge on any atom is -0.450 e. The van der Waals surface area contributed by atoms with E-state index in [1.165, 1.54) is 32.1 Å². The van der Waals surface area contributed by atoms with Crippen LogP contribution >= 0.6 is 11.8 Å². The molecule has 2 aliphatic rings. The lowest BCUT2D eigenvalue weighted by molar-refractivity contribution is -0.124. The molecule has 31 heavy (non-hydrogen) atoms. The molecular weight excluding hydrogens is 438 g/mol. The van der Waals surface area contributed by atoms with Crippen LogP contribution in [0.15, 0.2) is 28.7 Å². The van der Waals surface area contributed by atoms with Crippen LogP contribution in [0.1, 0.15) is 54.6 Å². The molecule has 4 rings (SSSR count). The van der Waals surface area contributed by atoms with Gasteiger partial charge in [0.15, 0.2) is 16.4 Å². The van der Waals surface area contributed by atoms with Crippen molar-refractivity contribution in [2.24, 2.45) is 0 Å². The van der Waals surface area contributed by atoms with Gasteiger partial charge in [-0.1, -0.05) is 37.5 Å². The molecule has 2 fully saturated rings. The minimum atomic E-state index is -3.09. The molecule has 1 aliphatic heterocycles. The summed E-state index contributed by atoms with van der Waals surface area (Å²) < 4.78 is 34.0. The summed E-state index contributed by atoms with van der Waals surface area (Å²) in [5.41, 5.74) is 1.42. The highest BCUT2D eigenvalue weighted by Gasteiger charge is 2.29. The third kappa shape index (κ3) is 5.63. The van der Waals surface area contributed by atoms with Crippen molar-refractivity contribution in [1.82, 2.24) is 5.32 Å². The van der Waals surface area contributed by atoms with E-state index in [2.05, 4.69) is 5.32 Å². The van der Waals surface area contributed by atoms with Gasteiger partial charge in [-0.2, -0.15) is 11.8 Å². The van der Waals surface area contributed by atoms with Gasteiger partial charge in [0.1, 0.15) is 5.58 Å². The second kappa shape index (κ2) is 9.65. The Balaban J connectivity index is 1.40. The van der Waals surface area contributed by atoms with E-state index in [1.54, 1.807) is 0 Å². The molecule has 2 aromatic rings. The van der Waals surface area contributed by atoms with E-state index in [0.29, 0.717) is 23.0 Å². The van der Waals surface area contributed by atoms with Gasteiger partial charge in [-0.3, -0.25) is 4.79 Å². The quantitative estimate of drug-likeness (QED) is 0.625. The summed E-state index contributed by atoms with van der Waals surface area (Å²) in [6.07, 6.45) is 6.55. The number of para-hydroxylation sites is 1. The van der Waals surface area contributed by atoms with E-state index in [9.17, 15) is 18.0 Å². The number of carbonyl (C=O) groups excluding carboxylic acids is 2. The molecule has 1 N–H and O–H groups in total. The Kier molecular flexibility index (Phi) is 6.91. The van der Waals surface area contributed by atoms with Gasteiger partial charge < -0.3 is 14.5 Å². The smallest absolute Gasteiger partial charge is 0.375 e. The fraction of sp³-hybridized carbons (Fsp3) is 0.545. The van der Waals surface area contributed by atoms with Crippen LogP contribution < -0.4 is 5.32 Å². The summed E-state index contributed by atoms with van der Waals surface area (Å²) in [4.78, 5) is 24.8. The van der Waals surface area contributed by atoms with Crippen molar-refractivity contribution in [2.45, 2.75) is 55.6 Å². The molecule has 1 aromatic carbocycles. The van der Waals surface area contributed by atoms with E-state index in [4.69, 9.17) is 9.15 Å². The van der Waals surface area contributed by atoms with Gasteiger partial charge in [-0.25, -0.2) is 13.2 Å². The van der Waals surface area contributed by atoms with Crippen molar-refractivity contribution >= 4 is 44.4 Å². The fourth-order valence-electron chi connectivity index (χ4n) is 4.21. The highest BCUT2D eigenvalue weighted by molar-refractivity contribution is 7.99. The van der Waals surface area contributed by atoms with Crippen LogP contribution in [0.4, 0.5) is 0 Å². The fourth-order valence-corrected chi connectivity index (χ4v) is 7.24. The average molecular weight is 466 g/mol. The summed E-state index contributed by atoms with van der Waals surface area (Å²) in [7, 11) is -3.09. The normalized spacial score (nSPS) is 21.2. The Morgan fingerprint density at radius 3 is 2.65 bits per heavy atom. The molecule has 1 saturated heterocycles. The van der Waals surface area contributed by atoms with Crippen molar-refractivity contribution in [3.63, 3.8) is 0 Å². The van der Waals surface area contributed by atoms with Crippen LogP contribution in [-0.2, 0) is 25.1 Å². The maximum absolute atomic E-state index is 12.7. The standard InChI is InChI=1S/C22H27NO6S2/c24-20(23-15-10-11-31(26,27)14-15)12-28-22(25)21-18(13-30-16-6-2-1-3-7-16)17-8-4-5-9-19(17)29-21/h4-5,8-9,15-16H,1-3,6-7,10-14H2,(H,23,24)/t15-/m1/s1. The number of furan rings is 1. The number of fused-ring (bicyclic) bond motifs is 1. The van der Waals surface area contributed by atoms with Crippen molar-refractivity contribution in [3.8, 4) is 0 Å². The maximum Gasteiger partial charge on any atom is 0.375 e. The molecule has 2 heterocycles. The second-order valence-corrected chi connectivity index (χ2v) is 11.7. The number of nitrogens with one attached hydrogen (secondary N) is 1. The first kappa shape index (κ1) is 22.2. The molecule has 0 radical (unpaired) electrons. The Morgan fingerprint density at radius 2 is 1.90 bits per heavy atom. The third-order valence-corrected chi connectivity index (χ3v) is 9.00.